The van der Waals surface area contributed by atoms with Crippen molar-refractivity contribution in [1.29, 1.82) is 0 Å². The predicted molar refractivity (Wildman–Crippen MR) is 143 cm³/mol. The molecule has 0 bridgehead atoms. The van der Waals surface area contributed by atoms with Crippen LogP contribution < -0.4 is 5.32 Å². The molecule has 9 nitrogen and oxygen atoms in total. The van der Waals surface area contributed by atoms with Gasteiger partial charge in [0.2, 0.25) is 5.95 Å². The molecule has 36 heavy (non-hydrogen) atoms. The molecule has 2 fully saturated rings. The van der Waals surface area contributed by atoms with Crippen molar-refractivity contribution in [2.75, 3.05) is 38.5 Å². The number of aryl methyl sites for hydroxylation is 1. The van der Waals surface area contributed by atoms with Gasteiger partial charge in [-0.15, -0.1) is 5.10 Å². The lowest BCUT2D eigenvalue weighted by molar-refractivity contribution is 0.0893. The van der Waals surface area contributed by atoms with Gasteiger partial charge >= 0.3 is 0 Å². The first kappa shape index (κ1) is 23.4. The minimum atomic E-state index is 0.325. The van der Waals surface area contributed by atoms with Crippen LogP contribution in [0.4, 0.5) is 5.95 Å². The van der Waals surface area contributed by atoms with E-state index in [1.165, 1.54) is 51.9 Å². The zero-order valence-corrected chi connectivity index (χ0v) is 21.9. The molecule has 1 N–H and O–H groups in total. The Bertz CT molecular complexity index is 1350. The van der Waals surface area contributed by atoms with Gasteiger partial charge in [0, 0.05) is 67.8 Å². The number of nitrogens with zero attached hydrogens (tertiary/aromatic N) is 8. The number of piperazine rings is 1. The second-order valence-electron chi connectivity index (χ2n) is 10.8. The van der Waals surface area contributed by atoms with Crippen LogP contribution in [0.2, 0.25) is 0 Å². The Morgan fingerprint density at radius 3 is 2.50 bits per heavy atom. The number of nitrogens with one attached hydrogen (secondary N) is 1. The van der Waals surface area contributed by atoms with Gasteiger partial charge < -0.3 is 14.8 Å². The van der Waals surface area contributed by atoms with E-state index in [1.807, 2.05) is 30.0 Å². The SMILES string of the molecule is Cc1nc2ncc(-c3ccn4nc(N[C@H]5CC[C@H](N6CCN(C)CC6)CC5)ncc34)cc2n1C(C)C. The first-order chi connectivity index (χ1) is 17.5. The van der Waals surface area contributed by atoms with E-state index < -0.39 is 0 Å². The Kier molecular flexibility index (Phi) is 6.13. The summed E-state index contributed by atoms with van der Waals surface area (Å²) in [5.41, 5.74) is 4.97. The number of anilines is 1. The van der Waals surface area contributed by atoms with Gasteiger partial charge in [0.1, 0.15) is 5.82 Å². The molecule has 190 valence electrons. The molecule has 0 spiro atoms. The number of aromatic nitrogens is 6. The molecule has 5 heterocycles. The van der Waals surface area contributed by atoms with Gasteiger partial charge in [0.25, 0.3) is 0 Å². The lowest BCUT2D eigenvalue weighted by Gasteiger charge is -2.41. The van der Waals surface area contributed by atoms with E-state index in [1.54, 1.807) is 0 Å². The summed E-state index contributed by atoms with van der Waals surface area (Å²) in [6.45, 7) is 11.2. The summed E-state index contributed by atoms with van der Waals surface area (Å²) in [5, 5.41) is 8.39. The van der Waals surface area contributed by atoms with Gasteiger partial charge in [-0.2, -0.15) is 0 Å². The van der Waals surface area contributed by atoms with E-state index in [0.29, 0.717) is 18.0 Å². The molecular formula is C27H37N9. The highest BCUT2D eigenvalue weighted by atomic mass is 15.3. The fourth-order valence-corrected chi connectivity index (χ4v) is 6.06. The lowest BCUT2D eigenvalue weighted by atomic mass is 9.90. The van der Waals surface area contributed by atoms with Gasteiger partial charge in [0.05, 0.1) is 17.2 Å². The third-order valence-electron chi connectivity index (χ3n) is 8.05. The molecule has 4 aromatic heterocycles. The molecule has 0 amide bonds. The van der Waals surface area contributed by atoms with Crippen LogP contribution in [0.5, 0.6) is 0 Å². The van der Waals surface area contributed by atoms with Crippen molar-refractivity contribution in [2.45, 2.75) is 64.6 Å². The van der Waals surface area contributed by atoms with Crippen molar-refractivity contribution in [3.63, 3.8) is 0 Å². The van der Waals surface area contributed by atoms with Crippen molar-refractivity contribution in [3.05, 3.63) is 36.5 Å². The average Bonchev–Trinajstić information content (AvgIpc) is 3.44. The van der Waals surface area contributed by atoms with E-state index in [9.17, 15) is 0 Å². The van der Waals surface area contributed by atoms with E-state index in [0.717, 1.165) is 39.7 Å². The van der Waals surface area contributed by atoms with Gasteiger partial charge in [0.15, 0.2) is 5.65 Å². The highest BCUT2D eigenvalue weighted by Crippen LogP contribution is 2.30. The number of fused-ring (bicyclic) bond motifs is 2. The summed E-state index contributed by atoms with van der Waals surface area (Å²) in [4.78, 5) is 19.1. The third-order valence-corrected chi connectivity index (χ3v) is 8.05. The molecule has 1 saturated heterocycles. The topological polar surface area (TPSA) is 79.4 Å². The number of hydrogen-bond donors (Lipinski definition) is 1. The molecule has 0 aromatic carbocycles. The maximum absolute atomic E-state index is 4.79. The molecule has 2 aliphatic rings. The first-order valence-electron chi connectivity index (χ1n) is 13.3. The second kappa shape index (κ2) is 9.44. The summed E-state index contributed by atoms with van der Waals surface area (Å²) >= 11 is 0. The minimum absolute atomic E-state index is 0.325. The van der Waals surface area contributed by atoms with E-state index in [-0.39, 0.29) is 0 Å². The highest BCUT2D eigenvalue weighted by molar-refractivity contribution is 5.85. The second-order valence-corrected chi connectivity index (χ2v) is 10.8. The van der Waals surface area contributed by atoms with Crippen molar-refractivity contribution < 1.29 is 0 Å². The van der Waals surface area contributed by atoms with E-state index in [2.05, 4.69) is 62.7 Å². The summed E-state index contributed by atoms with van der Waals surface area (Å²) < 4.78 is 4.16. The summed E-state index contributed by atoms with van der Waals surface area (Å²) in [6, 6.07) is 5.77. The maximum Gasteiger partial charge on any atom is 0.241 e. The summed E-state index contributed by atoms with van der Waals surface area (Å²) in [7, 11) is 2.22. The average molecular weight is 488 g/mol. The first-order valence-corrected chi connectivity index (χ1v) is 13.3. The van der Waals surface area contributed by atoms with Gasteiger partial charge in [-0.3, -0.25) is 4.90 Å². The van der Waals surface area contributed by atoms with Crippen molar-refractivity contribution >= 4 is 22.6 Å². The Labute approximate surface area is 212 Å². The van der Waals surface area contributed by atoms with Crippen LogP contribution in [0.3, 0.4) is 0 Å². The quantitative estimate of drug-likeness (QED) is 0.456. The molecule has 9 heteroatoms. The number of likely N-dealkylation sites (N-methyl/N-ethyl adjacent to an activating group) is 1. The molecule has 0 radical (unpaired) electrons. The lowest BCUT2D eigenvalue weighted by Crippen LogP contribution is -2.50. The number of rotatable bonds is 5. The van der Waals surface area contributed by atoms with Crippen LogP contribution in [0, 0.1) is 6.92 Å². The molecule has 1 aliphatic heterocycles. The summed E-state index contributed by atoms with van der Waals surface area (Å²) in [5.74, 6) is 1.69. The van der Waals surface area contributed by atoms with Crippen molar-refractivity contribution in [1.82, 2.24) is 38.9 Å². The van der Waals surface area contributed by atoms with Crippen molar-refractivity contribution in [3.8, 4) is 11.1 Å². The van der Waals surface area contributed by atoms with Crippen molar-refractivity contribution in [2.24, 2.45) is 0 Å². The smallest absolute Gasteiger partial charge is 0.241 e. The Hall–Kier alpha value is -3.04. The predicted octanol–water partition coefficient (Wildman–Crippen LogP) is 4.00. The Morgan fingerprint density at radius 1 is 0.972 bits per heavy atom. The minimum Gasteiger partial charge on any atom is -0.350 e. The zero-order chi connectivity index (χ0) is 24.8. The van der Waals surface area contributed by atoms with Crippen LogP contribution in [-0.4, -0.2) is 84.2 Å². The van der Waals surface area contributed by atoms with Gasteiger partial charge in [-0.1, -0.05) is 0 Å². The zero-order valence-electron chi connectivity index (χ0n) is 21.9. The fraction of sp³-hybridized carbons (Fsp3) is 0.556. The standard InChI is InChI=1S/C27H37N9/c1-18(2)36-19(3)30-26-24(36)15-20(16-28-26)23-9-10-35-25(23)17-29-27(32-35)31-21-5-7-22(8-6-21)34-13-11-33(4)12-14-34/h9-10,15-18,21-22H,5-8,11-14H2,1-4H3,(H,31,32)/t21-,22-. The Balaban J connectivity index is 1.16. The van der Waals surface area contributed by atoms with E-state index >= 15 is 0 Å². The van der Waals surface area contributed by atoms with Gasteiger partial charge in [-0.05, 0) is 65.6 Å². The normalized spacial score (nSPS) is 22.1. The molecular weight excluding hydrogens is 450 g/mol. The molecule has 4 aromatic rings. The van der Waals surface area contributed by atoms with Crippen LogP contribution in [-0.2, 0) is 0 Å². The van der Waals surface area contributed by atoms with E-state index in [4.69, 9.17) is 10.1 Å². The summed E-state index contributed by atoms with van der Waals surface area (Å²) in [6.07, 6.45) is 10.7. The molecule has 1 saturated carbocycles. The molecule has 0 atom stereocenters. The van der Waals surface area contributed by atoms with Crippen LogP contribution in [0.15, 0.2) is 30.7 Å². The Morgan fingerprint density at radius 2 is 1.75 bits per heavy atom. The maximum atomic E-state index is 4.79. The van der Waals surface area contributed by atoms with Crippen LogP contribution in [0.25, 0.3) is 27.8 Å². The van der Waals surface area contributed by atoms with Gasteiger partial charge in [-0.25, -0.2) is 19.5 Å². The number of pyridine rings is 1. The van der Waals surface area contributed by atoms with Crippen LogP contribution in [0.1, 0.15) is 51.4 Å². The number of hydrogen-bond acceptors (Lipinski definition) is 7. The van der Waals surface area contributed by atoms with Crippen LogP contribution >= 0.6 is 0 Å². The molecule has 6 rings (SSSR count). The molecule has 1 aliphatic carbocycles. The monoisotopic (exact) mass is 487 g/mol. The highest BCUT2D eigenvalue weighted by Gasteiger charge is 2.28. The molecule has 0 unspecified atom stereocenters. The largest absolute Gasteiger partial charge is 0.350 e. The third kappa shape index (κ3) is 4.35. The number of imidazole rings is 1. The fourth-order valence-electron chi connectivity index (χ4n) is 6.06.